The molecule has 0 amide bonds. The SMILES string of the molecule is c1ccc(-c2ccc(N(c3ccc4sc5cc(-c6ccccc6)ccc5c4c3)c3ccc(-c4ccccc4)c4oc5ccccc5c34)c(-c3ccccc3)c2)cc1. The van der Waals surface area contributed by atoms with Crippen molar-refractivity contribution in [1.82, 2.24) is 0 Å². The first-order valence-electron chi connectivity index (χ1n) is 19.3. The molecule has 0 unspecified atom stereocenters. The van der Waals surface area contributed by atoms with Crippen LogP contribution in [-0.4, -0.2) is 0 Å². The second-order valence-corrected chi connectivity index (χ2v) is 15.5. The zero-order valence-corrected chi connectivity index (χ0v) is 31.8. The number of rotatable bonds is 7. The van der Waals surface area contributed by atoms with Crippen LogP contribution in [0.1, 0.15) is 0 Å². The monoisotopic (exact) mass is 745 g/mol. The van der Waals surface area contributed by atoms with Crippen molar-refractivity contribution in [2.75, 3.05) is 4.90 Å². The van der Waals surface area contributed by atoms with Crippen molar-refractivity contribution in [2.24, 2.45) is 0 Å². The molecule has 0 atom stereocenters. The maximum atomic E-state index is 6.83. The third-order valence-corrected chi connectivity index (χ3v) is 12.2. The van der Waals surface area contributed by atoms with Crippen LogP contribution in [0.15, 0.2) is 217 Å². The molecular weight excluding hydrogens is 711 g/mol. The van der Waals surface area contributed by atoms with Gasteiger partial charge in [0.25, 0.3) is 0 Å². The molecule has 0 N–H and O–H groups in total. The Labute approximate surface area is 335 Å². The summed E-state index contributed by atoms with van der Waals surface area (Å²) in [5.41, 5.74) is 14.3. The lowest BCUT2D eigenvalue weighted by molar-refractivity contribution is 0.670. The van der Waals surface area contributed by atoms with E-state index in [1.807, 2.05) is 11.3 Å². The average molecular weight is 746 g/mol. The molecule has 0 radical (unpaired) electrons. The first-order valence-corrected chi connectivity index (χ1v) is 20.1. The number of hydrogen-bond donors (Lipinski definition) is 0. The highest BCUT2D eigenvalue weighted by Gasteiger charge is 2.25. The molecular formula is C54H35NOS. The van der Waals surface area contributed by atoms with E-state index in [1.165, 1.54) is 42.4 Å². The Morgan fingerprint density at radius 1 is 0.351 bits per heavy atom. The Bertz CT molecular complexity index is 3220. The number of para-hydroxylation sites is 1. The summed E-state index contributed by atoms with van der Waals surface area (Å²) in [5.74, 6) is 0. The van der Waals surface area contributed by atoms with Gasteiger partial charge in [0, 0.05) is 42.4 Å². The minimum Gasteiger partial charge on any atom is -0.455 e. The topological polar surface area (TPSA) is 16.4 Å². The quantitative estimate of drug-likeness (QED) is 0.162. The molecule has 0 aliphatic carbocycles. The summed E-state index contributed by atoms with van der Waals surface area (Å²) < 4.78 is 9.37. The predicted molar refractivity (Wildman–Crippen MR) is 243 cm³/mol. The van der Waals surface area contributed by atoms with Gasteiger partial charge in [0.05, 0.1) is 16.8 Å². The van der Waals surface area contributed by atoms with Gasteiger partial charge in [0.15, 0.2) is 0 Å². The molecule has 0 aliphatic heterocycles. The molecule has 0 saturated carbocycles. The molecule has 2 heterocycles. The van der Waals surface area contributed by atoms with Gasteiger partial charge in [-0.1, -0.05) is 158 Å². The van der Waals surface area contributed by atoms with Crippen LogP contribution in [0.25, 0.3) is 86.6 Å². The fourth-order valence-electron chi connectivity index (χ4n) is 8.35. The first kappa shape index (κ1) is 33.2. The van der Waals surface area contributed by atoms with Gasteiger partial charge in [-0.2, -0.15) is 0 Å². The Morgan fingerprint density at radius 3 is 1.63 bits per heavy atom. The normalized spacial score (nSPS) is 11.5. The van der Waals surface area contributed by atoms with E-state index < -0.39 is 0 Å². The van der Waals surface area contributed by atoms with Gasteiger partial charge in [-0.25, -0.2) is 0 Å². The minimum atomic E-state index is 0.869. The minimum absolute atomic E-state index is 0.869. The molecule has 11 rings (SSSR count). The van der Waals surface area contributed by atoms with Gasteiger partial charge in [0.1, 0.15) is 11.2 Å². The summed E-state index contributed by atoms with van der Waals surface area (Å²) in [5, 5.41) is 4.68. The molecule has 0 fully saturated rings. The molecule has 2 aromatic heterocycles. The van der Waals surface area contributed by atoms with Crippen molar-refractivity contribution in [3.8, 4) is 44.5 Å². The molecule has 11 aromatic rings. The largest absolute Gasteiger partial charge is 0.455 e. The molecule has 0 bridgehead atoms. The van der Waals surface area contributed by atoms with E-state index in [0.29, 0.717) is 0 Å². The van der Waals surface area contributed by atoms with Crippen LogP contribution in [-0.2, 0) is 0 Å². The fraction of sp³-hybridized carbons (Fsp3) is 0. The standard InChI is InChI=1S/C54H35NOS/c1-5-15-36(16-6-1)40-26-30-48(46(33-40)39-21-11-4-12-22-39)55(42-27-32-51-47(35-42)44-28-25-41(34-52(44)57-51)37-17-7-2-8-18-37)49-31-29-43(38-19-9-3-10-20-38)54-53(49)45-23-13-14-24-50(45)56-54/h1-35H. The van der Waals surface area contributed by atoms with E-state index in [2.05, 4.69) is 217 Å². The van der Waals surface area contributed by atoms with Crippen LogP contribution in [0, 0.1) is 0 Å². The summed E-state index contributed by atoms with van der Waals surface area (Å²) in [4.78, 5) is 2.46. The van der Waals surface area contributed by atoms with Gasteiger partial charge in [-0.15, -0.1) is 11.3 Å². The maximum Gasteiger partial charge on any atom is 0.145 e. The third-order valence-electron chi connectivity index (χ3n) is 11.1. The number of hydrogen-bond acceptors (Lipinski definition) is 3. The molecule has 3 heteroatoms. The summed E-state index contributed by atoms with van der Waals surface area (Å²) in [6.45, 7) is 0. The molecule has 57 heavy (non-hydrogen) atoms. The number of anilines is 3. The molecule has 0 spiro atoms. The van der Waals surface area contributed by atoms with Crippen LogP contribution >= 0.6 is 11.3 Å². The van der Waals surface area contributed by atoms with Gasteiger partial charge in [-0.3, -0.25) is 0 Å². The Balaban J connectivity index is 1.20. The van der Waals surface area contributed by atoms with Crippen molar-refractivity contribution < 1.29 is 4.42 Å². The molecule has 0 saturated heterocycles. The molecule has 268 valence electrons. The summed E-state index contributed by atoms with van der Waals surface area (Å²) >= 11 is 1.85. The van der Waals surface area contributed by atoms with Crippen molar-refractivity contribution >= 4 is 70.5 Å². The lowest BCUT2D eigenvalue weighted by Gasteiger charge is -2.29. The number of furan rings is 1. The van der Waals surface area contributed by atoms with E-state index >= 15 is 0 Å². The smallest absolute Gasteiger partial charge is 0.145 e. The van der Waals surface area contributed by atoms with Crippen molar-refractivity contribution in [3.05, 3.63) is 212 Å². The second-order valence-electron chi connectivity index (χ2n) is 14.5. The molecule has 2 nitrogen and oxygen atoms in total. The van der Waals surface area contributed by atoms with Gasteiger partial charge in [-0.05, 0) is 88.0 Å². The number of thiophene rings is 1. The van der Waals surface area contributed by atoms with Crippen LogP contribution in [0.5, 0.6) is 0 Å². The van der Waals surface area contributed by atoms with Gasteiger partial charge >= 0.3 is 0 Å². The summed E-state index contributed by atoms with van der Waals surface area (Å²) in [6.07, 6.45) is 0. The van der Waals surface area contributed by atoms with E-state index in [9.17, 15) is 0 Å². The Morgan fingerprint density at radius 2 is 0.930 bits per heavy atom. The van der Waals surface area contributed by atoms with Gasteiger partial charge < -0.3 is 9.32 Å². The van der Waals surface area contributed by atoms with E-state index in [4.69, 9.17) is 4.42 Å². The Kier molecular flexibility index (Phi) is 8.04. The second kappa shape index (κ2) is 13.8. The highest BCUT2D eigenvalue weighted by Crippen LogP contribution is 2.50. The molecule has 0 aliphatic rings. The van der Waals surface area contributed by atoms with Crippen LogP contribution < -0.4 is 4.90 Å². The van der Waals surface area contributed by atoms with Crippen LogP contribution in [0.4, 0.5) is 17.1 Å². The van der Waals surface area contributed by atoms with E-state index in [1.54, 1.807) is 0 Å². The third kappa shape index (κ3) is 5.80. The zero-order chi connectivity index (χ0) is 37.7. The maximum absolute atomic E-state index is 6.83. The Hall–Kier alpha value is -7.20. The zero-order valence-electron chi connectivity index (χ0n) is 31.0. The van der Waals surface area contributed by atoms with E-state index in [0.717, 1.165) is 61.3 Å². The highest BCUT2D eigenvalue weighted by atomic mass is 32.1. The van der Waals surface area contributed by atoms with Crippen molar-refractivity contribution in [3.63, 3.8) is 0 Å². The lowest BCUT2D eigenvalue weighted by Crippen LogP contribution is -2.12. The predicted octanol–water partition coefficient (Wildman–Crippen LogP) is 16.1. The van der Waals surface area contributed by atoms with Crippen molar-refractivity contribution in [1.29, 1.82) is 0 Å². The highest BCUT2D eigenvalue weighted by molar-refractivity contribution is 7.25. The first-order chi connectivity index (χ1) is 28.3. The summed E-state index contributed by atoms with van der Waals surface area (Å²) in [6, 6.07) is 76.4. The lowest BCUT2D eigenvalue weighted by atomic mass is 9.95. The fourth-order valence-corrected chi connectivity index (χ4v) is 9.48. The van der Waals surface area contributed by atoms with E-state index in [-0.39, 0.29) is 0 Å². The summed E-state index contributed by atoms with van der Waals surface area (Å²) in [7, 11) is 0. The number of benzene rings is 9. The van der Waals surface area contributed by atoms with Crippen LogP contribution in [0.3, 0.4) is 0 Å². The van der Waals surface area contributed by atoms with Crippen LogP contribution in [0.2, 0.25) is 0 Å². The van der Waals surface area contributed by atoms with Gasteiger partial charge in [0.2, 0.25) is 0 Å². The number of fused-ring (bicyclic) bond motifs is 6. The average Bonchev–Trinajstić information content (AvgIpc) is 3.86. The molecule has 9 aromatic carbocycles. The number of nitrogens with zero attached hydrogens (tertiary/aromatic N) is 1. The van der Waals surface area contributed by atoms with Crippen molar-refractivity contribution in [2.45, 2.75) is 0 Å².